The van der Waals surface area contributed by atoms with Gasteiger partial charge in [0.2, 0.25) is 0 Å². The Morgan fingerprint density at radius 1 is 1.60 bits per heavy atom. The van der Waals surface area contributed by atoms with Gasteiger partial charge in [-0.3, -0.25) is 4.21 Å². The Bertz CT molecular complexity index is 106. The van der Waals surface area contributed by atoms with Gasteiger partial charge in [-0.05, 0) is 12.8 Å². The molecule has 0 bridgehead atoms. The summed E-state index contributed by atoms with van der Waals surface area (Å²) in [4.78, 5) is 0.507. The molecule has 0 aromatic carbocycles. The van der Waals surface area contributed by atoms with Crippen LogP contribution in [-0.4, -0.2) is 19.3 Å². The number of alkyl halides is 1. The van der Waals surface area contributed by atoms with Crippen molar-refractivity contribution in [3.05, 3.63) is 0 Å². The molecule has 0 N–H and O–H groups in total. The van der Waals surface area contributed by atoms with Crippen LogP contribution in [0.4, 0.5) is 0 Å². The van der Waals surface area contributed by atoms with Gasteiger partial charge < -0.3 is 4.55 Å². The Hall–Kier alpha value is 0.590. The third-order valence-corrected chi connectivity index (χ3v) is 2.24. The van der Waals surface area contributed by atoms with Crippen LogP contribution in [0.5, 0.6) is 0 Å². The average Bonchev–Trinajstić information content (AvgIpc) is 1.79. The minimum atomic E-state index is -1.85. The number of hydrogen-bond acceptors (Lipinski definition) is 2. The van der Waals surface area contributed by atoms with Gasteiger partial charge in [0.1, 0.15) is 0 Å². The first kappa shape index (κ1) is 10.6. The Balaban J connectivity index is 2.98. The van der Waals surface area contributed by atoms with Crippen molar-refractivity contribution in [3.8, 4) is 0 Å². The fraction of sp³-hybridized carbons (Fsp3) is 1.00. The molecule has 62 valence electrons. The molecular formula is C6H12BrO2S-. The highest BCUT2D eigenvalue weighted by Gasteiger charge is 1.94. The van der Waals surface area contributed by atoms with E-state index in [1.54, 1.807) is 0 Å². The number of halogens is 1. The van der Waals surface area contributed by atoms with Crippen molar-refractivity contribution in [2.45, 2.75) is 31.0 Å². The normalized spacial score (nSPS) is 16.7. The fourth-order valence-electron chi connectivity index (χ4n) is 0.646. The van der Waals surface area contributed by atoms with Crippen LogP contribution < -0.4 is 0 Å². The lowest BCUT2D eigenvalue weighted by molar-refractivity contribution is 0.532. The highest BCUT2D eigenvalue weighted by molar-refractivity contribution is 9.09. The van der Waals surface area contributed by atoms with Crippen molar-refractivity contribution in [3.63, 3.8) is 0 Å². The molecule has 0 aliphatic carbocycles. The molecule has 0 heterocycles. The highest BCUT2D eigenvalue weighted by Crippen LogP contribution is 2.08. The lowest BCUT2D eigenvalue weighted by Crippen LogP contribution is -1.97. The molecule has 2 unspecified atom stereocenters. The second-order valence-corrected chi connectivity index (χ2v) is 4.86. The third kappa shape index (κ3) is 8.59. The van der Waals surface area contributed by atoms with Crippen molar-refractivity contribution in [2.75, 3.05) is 5.75 Å². The lowest BCUT2D eigenvalue weighted by Gasteiger charge is -2.04. The Morgan fingerprint density at radius 3 is 2.60 bits per heavy atom. The zero-order valence-corrected chi connectivity index (χ0v) is 8.41. The summed E-state index contributed by atoms with van der Waals surface area (Å²) in [6.45, 7) is 2.06. The van der Waals surface area contributed by atoms with E-state index >= 15 is 0 Å². The minimum Gasteiger partial charge on any atom is -0.772 e. The average molecular weight is 228 g/mol. The smallest absolute Gasteiger partial charge is 0.0117 e. The molecule has 0 radical (unpaired) electrons. The van der Waals surface area contributed by atoms with Gasteiger partial charge in [0.15, 0.2) is 0 Å². The van der Waals surface area contributed by atoms with Gasteiger partial charge in [0.25, 0.3) is 0 Å². The largest absolute Gasteiger partial charge is 0.772 e. The zero-order chi connectivity index (χ0) is 7.98. The fourth-order valence-corrected chi connectivity index (χ4v) is 1.41. The summed E-state index contributed by atoms with van der Waals surface area (Å²) < 4.78 is 20.1. The van der Waals surface area contributed by atoms with E-state index in [-0.39, 0.29) is 0 Å². The molecule has 0 aromatic heterocycles. The van der Waals surface area contributed by atoms with E-state index in [4.69, 9.17) is 0 Å². The predicted molar refractivity (Wildman–Crippen MR) is 46.0 cm³/mol. The van der Waals surface area contributed by atoms with E-state index < -0.39 is 11.1 Å². The maximum atomic E-state index is 10.0. The molecule has 0 saturated carbocycles. The number of unbranched alkanes of at least 4 members (excludes halogenated alkanes) is 1. The van der Waals surface area contributed by atoms with Crippen LogP contribution in [0.25, 0.3) is 0 Å². The molecule has 0 amide bonds. The summed E-state index contributed by atoms with van der Waals surface area (Å²) in [6.07, 6.45) is 2.82. The SMILES string of the molecule is CC(Br)CCCCS(=O)[O-]. The number of rotatable bonds is 5. The molecule has 4 heteroatoms. The zero-order valence-electron chi connectivity index (χ0n) is 6.01. The van der Waals surface area contributed by atoms with Crippen molar-refractivity contribution in [1.29, 1.82) is 0 Å². The second kappa shape index (κ2) is 6.31. The van der Waals surface area contributed by atoms with Gasteiger partial charge in [-0.15, -0.1) is 0 Å². The quantitative estimate of drug-likeness (QED) is 0.409. The van der Waals surface area contributed by atoms with Gasteiger partial charge in [-0.25, -0.2) is 0 Å². The van der Waals surface area contributed by atoms with Crippen LogP contribution in [-0.2, 0) is 11.1 Å². The molecule has 2 atom stereocenters. The summed E-state index contributed by atoms with van der Waals surface area (Å²) in [5, 5.41) is 0. The summed E-state index contributed by atoms with van der Waals surface area (Å²) in [5.41, 5.74) is 0. The Kier molecular flexibility index (Phi) is 6.68. The third-order valence-electron chi connectivity index (χ3n) is 1.16. The van der Waals surface area contributed by atoms with E-state index in [1.165, 1.54) is 0 Å². The molecular weight excluding hydrogens is 216 g/mol. The van der Waals surface area contributed by atoms with Crippen LogP contribution in [0.2, 0.25) is 0 Å². The van der Waals surface area contributed by atoms with Crippen LogP contribution in [0.1, 0.15) is 26.2 Å². The monoisotopic (exact) mass is 227 g/mol. The predicted octanol–water partition coefficient (Wildman–Crippen LogP) is 1.82. The van der Waals surface area contributed by atoms with Gasteiger partial charge >= 0.3 is 0 Å². The standard InChI is InChI=1S/C6H13BrO2S/c1-6(7)4-2-3-5-10(8)9/h6H,2-5H2,1H3,(H,8,9)/p-1. The topological polar surface area (TPSA) is 40.1 Å². The minimum absolute atomic E-state index is 0.305. The summed E-state index contributed by atoms with van der Waals surface area (Å²) >= 11 is 1.54. The molecule has 0 rings (SSSR count). The van der Waals surface area contributed by atoms with Crippen molar-refractivity contribution in [1.82, 2.24) is 0 Å². The van der Waals surface area contributed by atoms with E-state index in [1.807, 2.05) is 0 Å². The molecule has 10 heavy (non-hydrogen) atoms. The van der Waals surface area contributed by atoms with Crippen LogP contribution >= 0.6 is 15.9 Å². The molecule has 0 fully saturated rings. The maximum Gasteiger partial charge on any atom is 0.0117 e. The molecule has 0 aliphatic heterocycles. The maximum absolute atomic E-state index is 10.0. The van der Waals surface area contributed by atoms with E-state index in [2.05, 4.69) is 22.9 Å². The molecule has 2 nitrogen and oxygen atoms in total. The second-order valence-electron chi connectivity index (χ2n) is 2.28. The van der Waals surface area contributed by atoms with Gasteiger partial charge in [-0.2, -0.15) is 0 Å². The van der Waals surface area contributed by atoms with Gasteiger partial charge in [-0.1, -0.05) is 40.4 Å². The van der Waals surface area contributed by atoms with Gasteiger partial charge in [0, 0.05) is 10.6 Å². The molecule has 0 spiro atoms. The first-order valence-corrected chi connectivity index (χ1v) is 5.49. The number of hydrogen-bond donors (Lipinski definition) is 0. The Morgan fingerprint density at radius 2 is 2.20 bits per heavy atom. The van der Waals surface area contributed by atoms with E-state index in [9.17, 15) is 8.76 Å². The molecule has 0 aromatic rings. The Labute approximate surface area is 72.8 Å². The lowest BCUT2D eigenvalue weighted by atomic mass is 10.2. The first-order valence-electron chi connectivity index (χ1n) is 3.33. The van der Waals surface area contributed by atoms with E-state index in [0.29, 0.717) is 10.6 Å². The van der Waals surface area contributed by atoms with Crippen LogP contribution in [0, 0.1) is 0 Å². The summed E-state index contributed by atoms with van der Waals surface area (Å²) in [7, 11) is 0. The van der Waals surface area contributed by atoms with Crippen LogP contribution in [0.3, 0.4) is 0 Å². The molecule has 0 saturated heterocycles. The molecule has 0 aliphatic rings. The van der Waals surface area contributed by atoms with Crippen LogP contribution in [0.15, 0.2) is 0 Å². The highest BCUT2D eigenvalue weighted by atomic mass is 79.9. The summed E-state index contributed by atoms with van der Waals surface area (Å²) in [6, 6.07) is 0. The van der Waals surface area contributed by atoms with Gasteiger partial charge in [0.05, 0.1) is 0 Å². The van der Waals surface area contributed by atoms with Crippen molar-refractivity contribution >= 4 is 27.0 Å². The van der Waals surface area contributed by atoms with Crippen molar-refractivity contribution < 1.29 is 8.76 Å². The first-order chi connectivity index (χ1) is 4.63. The van der Waals surface area contributed by atoms with E-state index in [0.717, 1.165) is 19.3 Å². The summed E-state index contributed by atoms with van der Waals surface area (Å²) in [5.74, 6) is 0.305. The van der Waals surface area contributed by atoms with Crippen molar-refractivity contribution in [2.24, 2.45) is 0 Å².